The molecular weight excluding hydrogens is 324 g/mol. The van der Waals surface area contributed by atoms with E-state index in [1.165, 1.54) is 0 Å². The summed E-state index contributed by atoms with van der Waals surface area (Å²) in [6.45, 7) is 1.96. The van der Waals surface area contributed by atoms with Crippen molar-refractivity contribution in [3.05, 3.63) is 89.6 Å². The van der Waals surface area contributed by atoms with E-state index in [1.807, 2.05) is 79.7 Å². The van der Waals surface area contributed by atoms with Crippen LogP contribution in [-0.2, 0) is 4.79 Å². The Bertz CT molecular complexity index is 934. The summed E-state index contributed by atoms with van der Waals surface area (Å²) in [7, 11) is 1.62. The van der Waals surface area contributed by atoms with Crippen molar-refractivity contribution in [2.45, 2.75) is 6.92 Å². The van der Waals surface area contributed by atoms with Gasteiger partial charge in [0.2, 0.25) is 0 Å². The first-order chi connectivity index (χ1) is 12.7. The molecule has 1 N–H and O–H groups in total. The highest BCUT2D eigenvalue weighted by atomic mass is 16.5. The largest absolute Gasteiger partial charge is 0.496 e. The molecule has 0 radical (unpaired) electrons. The summed E-state index contributed by atoms with van der Waals surface area (Å²) in [6, 6.07) is 20.9. The van der Waals surface area contributed by atoms with E-state index in [1.54, 1.807) is 13.3 Å². The van der Waals surface area contributed by atoms with Crippen molar-refractivity contribution in [2.75, 3.05) is 12.4 Å². The first kappa shape index (κ1) is 17.4. The molecular formula is C22H20N2O2. The van der Waals surface area contributed by atoms with E-state index in [0.717, 1.165) is 16.7 Å². The molecule has 26 heavy (non-hydrogen) atoms. The van der Waals surface area contributed by atoms with Gasteiger partial charge in [0.05, 0.1) is 7.11 Å². The van der Waals surface area contributed by atoms with E-state index in [2.05, 4.69) is 10.3 Å². The van der Waals surface area contributed by atoms with Gasteiger partial charge in [-0.25, -0.2) is 4.98 Å². The zero-order valence-corrected chi connectivity index (χ0v) is 14.8. The summed E-state index contributed by atoms with van der Waals surface area (Å²) < 4.78 is 5.41. The number of aryl methyl sites for hydroxylation is 1. The summed E-state index contributed by atoms with van der Waals surface area (Å²) >= 11 is 0. The first-order valence-corrected chi connectivity index (χ1v) is 8.31. The molecule has 3 aromatic rings. The van der Waals surface area contributed by atoms with Crippen molar-refractivity contribution in [3.8, 4) is 5.75 Å². The lowest BCUT2D eigenvalue weighted by Crippen LogP contribution is -2.14. The van der Waals surface area contributed by atoms with Gasteiger partial charge in [0.1, 0.15) is 11.6 Å². The van der Waals surface area contributed by atoms with Crippen LogP contribution in [0.15, 0.2) is 72.9 Å². The molecule has 4 nitrogen and oxygen atoms in total. The Kier molecular flexibility index (Phi) is 5.44. The van der Waals surface area contributed by atoms with Crippen LogP contribution in [0.3, 0.4) is 0 Å². The number of anilines is 1. The van der Waals surface area contributed by atoms with Gasteiger partial charge < -0.3 is 10.1 Å². The molecule has 130 valence electrons. The Morgan fingerprint density at radius 2 is 1.77 bits per heavy atom. The van der Waals surface area contributed by atoms with Crippen LogP contribution < -0.4 is 10.1 Å². The number of nitrogens with one attached hydrogen (secondary N) is 1. The number of pyridine rings is 1. The first-order valence-electron chi connectivity index (χ1n) is 8.31. The third kappa shape index (κ3) is 4.16. The number of amides is 1. The molecule has 0 aliphatic rings. The highest BCUT2D eigenvalue weighted by Gasteiger charge is 2.14. The Hall–Kier alpha value is -3.40. The minimum atomic E-state index is -0.222. The number of rotatable bonds is 5. The number of ether oxygens (including phenoxy) is 1. The van der Waals surface area contributed by atoms with Crippen molar-refractivity contribution in [1.82, 2.24) is 4.98 Å². The molecule has 0 saturated carbocycles. The number of carbonyl (C=O) groups is 1. The summed E-state index contributed by atoms with van der Waals surface area (Å²) in [6.07, 6.45) is 3.51. The lowest BCUT2D eigenvalue weighted by atomic mass is 10.0. The second kappa shape index (κ2) is 8.12. The van der Waals surface area contributed by atoms with Crippen LogP contribution in [0.25, 0.3) is 11.6 Å². The molecule has 2 aromatic carbocycles. The quantitative estimate of drug-likeness (QED) is 0.544. The fraction of sp³-hybridized carbons (Fsp3) is 0.0909. The molecule has 1 aromatic heterocycles. The van der Waals surface area contributed by atoms with Gasteiger partial charge in [0.15, 0.2) is 0 Å². The summed E-state index contributed by atoms with van der Waals surface area (Å²) in [4.78, 5) is 17.2. The van der Waals surface area contributed by atoms with E-state index in [9.17, 15) is 4.79 Å². The molecule has 3 rings (SSSR count). The second-order valence-electron chi connectivity index (χ2n) is 5.84. The van der Waals surface area contributed by atoms with Crippen LogP contribution in [-0.4, -0.2) is 18.0 Å². The monoisotopic (exact) mass is 344 g/mol. The van der Waals surface area contributed by atoms with Crippen molar-refractivity contribution in [1.29, 1.82) is 0 Å². The Labute approximate surface area is 153 Å². The van der Waals surface area contributed by atoms with E-state index < -0.39 is 0 Å². The molecule has 0 aliphatic carbocycles. The van der Waals surface area contributed by atoms with Gasteiger partial charge >= 0.3 is 0 Å². The van der Waals surface area contributed by atoms with Crippen molar-refractivity contribution < 1.29 is 9.53 Å². The van der Waals surface area contributed by atoms with Crippen molar-refractivity contribution in [2.24, 2.45) is 0 Å². The fourth-order valence-corrected chi connectivity index (χ4v) is 2.63. The van der Waals surface area contributed by atoms with Gasteiger partial charge in [-0.1, -0.05) is 48.5 Å². The molecule has 0 aliphatic heterocycles. The normalized spacial score (nSPS) is 11.1. The molecule has 0 saturated heterocycles. The lowest BCUT2D eigenvalue weighted by molar-refractivity contribution is -0.111. The SMILES string of the molecule is COc1ccccc1C=C(C(=O)Nc1cc(C)ccn1)c1ccccc1. The van der Waals surface area contributed by atoms with Crippen molar-refractivity contribution >= 4 is 23.4 Å². The molecule has 0 atom stereocenters. The van der Waals surface area contributed by atoms with E-state index in [4.69, 9.17) is 4.74 Å². The van der Waals surface area contributed by atoms with Gasteiger partial charge in [-0.2, -0.15) is 0 Å². The number of hydrogen-bond donors (Lipinski definition) is 1. The van der Waals surface area contributed by atoms with Gasteiger partial charge in [0, 0.05) is 17.3 Å². The van der Waals surface area contributed by atoms with Crippen LogP contribution >= 0.6 is 0 Å². The van der Waals surface area contributed by atoms with Gasteiger partial charge in [-0.05, 0) is 42.3 Å². The molecule has 4 heteroatoms. The van der Waals surface area contributed by atoms with Crippen LogP contribution in [0, 0.1) is 6.92 Å². The predicted octanol–water partition coefficient (Wildman–Crippen LogP) is 4.58. The molecule has 1 heterocycles. The number of aromatic nitrogens is 1. The maximum absolute atomic E-state index is 13.0. The van der Waals surface area contributed by atoms with Gasteiger partial charge in [-0.15, -0.1) is 0 Å². The Morgan fingerprint density at radius 3 is 2.50 bits per heavy atom. The minimum absolute atomic E-state index is 0.222. The summed E-state index contributed by atoms with van der Waals surface area (Å²) in [5, 5.41) is 2.88. The molecule has 0 bridgehead atoms. The average molecular weight is 344 g/mol. The molecule has 0 spiro atoms. The Morgan fingerprint density at radius 1 is 1.04 bits per heavy atom. The standard InChI is InChI=1S/C22H20N2O2/c1-16-12-13-23-21(14-16)24-22(25)19(17-8-4-3-5-9-17)15-18-10-6-7-11-20(18)26-2/h3-15H,1-2H3,(H,23,24,25). The van der Waals surface area contributed by atoms with Crippen molar-refractivity contribution in [3.63, 3.8) is 0 Å². The number of methoxy groups -OCH3 is 1. The zero-order chi connectivity index (χ0) is 18.4. The molecule has 1 amide bonds. The number of hydrogen-bond acceptors (Lipinski definition) is 3. The lowest BCUT2D eigenvalue weighted by Gasteiger charge is -2.11. The van der Waals surface area contributed by atoms with Crippen LogP contribution in [0.1, 0.15) is 16.7 Å². The summed E-state index contributed by atoms with van der Waals surface area (Å²) in [5.74, 6) is 1.01. The summed E-state index contributed by atoms with van der Waals surface area (Å²) in [5.41, 5.74) is 3.23. The topological polar surface area (TPSA) is 51.2 Å². The zero-order valence-electron chi connectivity index (χ0n) is 14.8. The minimum Gasteiger partial charge on any atom is -0.496 e. The van der Waals surface area contributed by atoms with Gasteiger partial charge in [-0.3, -0.25) is 4.79 Å². The van der Waals surface area contributed by atoms with Crippen LogP contribution in [0.5, 0.6) is 5.75 Å². The van der Waals surface area contributed by atoms with Gasteiger partial charge in [0.25, 0.3) is 5.91 Å². The van der Waals surface area contributed by atoms with Crippen LogP contribution in [0.4, 0.5) is 5.82 Å². The number of para-hydroxylation sites is 1. The maximum Gasteiger partial charge on any atom is 0.257 e. The molecule has 0 unspecified atom stereocenters. The average Bonchev–Trinajstić information content (AvgIpc) is 2.67. The van der Waals surface area contributed by atoms with Crippen LogP contribution in [0.2, 0.25) is 0 Å². The highest BCUT2D eigenvalue weighted by molar-refractivity contribution is 6.29. The third-order valence-corrected chi connectivity index (χ3v) is 3.93. The smallest absolute Gasteiger partial charge is 0.257 e. The van der Waals surface area contributed by atoms with E-state index >= 15 is 0 Å². The molecule has 0 fully saturated rings. The Balaban J connectivity index is 2.01. The number of nitrogens with zero attached hydrogens (tertiary/aromatic N) is 1. The second-order valence-corrected chi connectivity index (χ2v) is 5.84. The number of benzene rings is 2. The van der Waals surface area contributed by atoms with E-state index in [-0.39, 0.29) is 5.91 Å². The number of carbonyl (C=O) groups excluding carboxylic acids is 1. The van der Waals surface area contributed by atoms with E-state index in [0.29, 0.717) is 17.1 Å². The fourth-order valence-electron chi connectivity index (χ4n) is 2.63. The predicted molar refractivity (Wildman–Crippen MR) is 105 cm³/mol. The maximum atomic E-state index is 13.0. The highest BCUT2D eigenvalue weighted by Crippen LogP contribution is 2.25. The third-order valence-electron chi connectivity index (χ3n) is 3.93.